The monoisotopic (exact) mass is 571 g/mol. The number of fused-ring (bicyclic) bond motifs is 2. The number of halogens is 1. The first-order valence-corrected chi connectivity index (χ1v) is 14.2. The van der Waals surface area contributed by atoms with Gasteiger partial charge in [0.15, 0.2) is 11.2 Å². The van der Waals surface area contributed by atoms with Gasteiger partial charge in [0, 0.05) is 49.1 Å². The van der Waals surface area contributed by atoms with Gasteiger partial charge in [-0.1, -0.05) is 0 Å². The van der Waals surface area contributed by atoms with Gasteiger partial charge in [-0.2, -0.15) is 4.98 Å². The summed E-state index contributed by atoms with van der Waals surface area (Å²) in [4.78, 5) is 26.1. The molecule has 0 unspecified atom stereocenters. The Morgan fingerprint density at radius 1 is 0.951 bits per heavy atom. The van der Waals surface area contributed by atoms with Crippen LogP contribution in [0.2, 0.25) is 0 Å². The van der Waals surface area contributed by atoms with E-state index in [1.165, 1.54) is 38.4 Å². The van der Waals surface area contributed by atoms with Gasteiger partial charge >= 0.3 is 0 Å². The largest absolute Gasteiger partial charge is 0.455 e. The molecule has 41 heavy (non-hydrogen) atoms. The van der Waals surface area contributed by atoms with Crippen LogP contribution in [0, 0.1) is 5.82 Å². The Hall–Kier alpha value is -5.10. The number of nitrogens with zero attached hydrogens (tertiary/aromatic N) is 4. The van der Waals surface area contributed by atoms with Crippen molar-refractivity contribution in [2.75, 3.05) is 24.7 Å². The van der Waals surface area contributed by atoms with Crippen LogP contribution < -0.4 is 9.62 Å². The van der Waals surface area contributed by atoms with E-state index in [9.17, 15) is 17.6 Å². The quantitative estimate of drug-likeness (QED) is 0.286. The maximum absolute atomic E-state index is 13.7. The van der Waals surface area contributed by atoms with Crippen molar-refractivity contribution < 1.29 is 26.4 Å². The summed E-state index contributed by atoms with van der Waals surface area (Å²) in [6.07, 6.45) is 4.25. The lowest BCUT2D eigenvalue weighted by atomic mass is 9.98. The van der Waals surface area contributed by atoms with E-state index in [4.69, 9.17) is 8.83 Å². The van der Waals surface area contributed by atoms with Crippen LogP contribution in [0.4, 0.5) is 10.1 Å². The molecule has 2 aromatic carbocycles. The van der Waals surface area contributed by atoms with E-state index in [1.54, 1.807) is 48.8 Å². The number of sulfonamides is 1. The van der Waals surface area contributed by atoms with E-state index >= 15 is 0 Å². The van der Waals surface area contributed by atoms with Crippen molar-refractivity contribution in [3.8, 4) is 34.0 Å². The zero-order chi connectivity index (χ0) is 28.9. The van der Waals surface area contributed by atoms with E-state index in [0.29, 0.717) is 44.7 Å². The normalized spacial score (nSPS) is 11.7. The molecule has 0 spiro atoms. The third-order valence-corrected chi connectivity index (χ3v) is 7.85. The Morgan fingerprint density at radius 3 is 2.44 bits per heavy atom. The molecule has 0 atom stereocenters. The number of rotatable bonds is 6. The van der Waals surface area contributed by atoms with Gasteiger partial charge in [0.05, 0.1) is 17.5 Å². The van der Waals surface area contributed by atoms with Crippen LogP contribution in [-0.4, -0.2) is 49.6 Å². The molecule has 12 heteroatoms. The molecule has 4 heterocycles. The molecule has 1 amide bonds. The summed E-state index contributed by atoms with van der Waals surface area (Å²) in [7, 11) is -0.779. The summed E-state index contributed by atoms with van der Waals surface area (Å²) in [5, 5.41) is 3.07. The minimum atomic E-state index is -3.70. The smallest absolute Gasteiger partial charge is 0.255 e. The van der Waals surface area contributed by atoms with Crippen molar-refractivity contribution >= 4 is 43.8 Å². The first kappa shape index (κ1) is 26.1. The minimum absolute atomic E-state index is 0.221. The van der Waals surface area contributed by atoms with Gasteiger partial charge in [-0.3, -0.25) is 14.1 Å². The van der Waals surface area contributed by atoms with E-state index in [-0.39, 0.29) is 22.8 Å². The van der Waals surface area contributed by atoms with Crippen LogP contribution in [0.5, 0.6) is 0 Å². The van der Waals surface area contributed by atoms with Gasteiger partial charge in [-0.15, -0.1) is 0 Å². The lowest BCUT2D eigenvalue weighted by Gasteiger charge is -2.20. The van der Waals surface area contributed by atoms with Crippen molar-refractivity contribution in [3.05, 3.63) is 84.4 Å². The average molecular weight is 572 g/mol. The number of anilines is 1. The molecule has 0 radical (unpaired) electrons. The summed E-state index contributed by atoms with van der Waals surface area (Å²) < 4.78 is 52.1. The predicted molar refractivity (Wildman–Crippen MR) is 152 cm³/mol. The number of carbonyl (C=O) groups is 1. The second kappa shape index (κ2) is 9.82. The molecular formula is C29H22FN5O5S. The van der Waals surface area contributed by atoms with Gasteiger partial charge < -0.3 is 14.2 Å². The maximum atomic E-state index is 13.7. The molecule has 10 nitrogen and oxygen atoms in total. The number of nitrogens with one attached hydrogen (secondary N) is 1. The van der Waals surface area contributed by atoms with Gasteiger partial charge in [0.1, 0.15) is 22.9 Å². The van der Waals surface area contributed by atoms with Crippen LogP contribution in [0.25, 0.3) is 56.2 Å². The molecule has 0 aliphatic carbocycles. The second-order valence-electron chi connectivity index (χ2n) is 9.26. The number of furan rings is 1. The molecule has 0 saturated heterocycles. The molecule has 0 fully saturated rings. The van der Waals surface area contributed by atoms with Crippen LogP contribution in [-0.2, 0) is 10.0 Å². The van der Waals surface area contributed by atoms with Crippen LogP contribution in [0.1, 0.15) is 10.4 Å². The molecule has 0 aliphatic heterocycles. The van der Waals surface area contributed by atoms with Gasteiger partial charge in [-0.25, -0.2) is 17.8 Å². The first-order valence-electron chi connectivity index (χ1n) is 12.3. The van der Waals surface area contributed by atoms with Crippen molar-refractivity contribution in [2.45, 2.75) is 0 Å². The highest BCUT2D eigenvalue weighted by atomic mass is 32.2. The molecule has 6 rings (SSSR count). The lowest BCUT2D eigenvalue weighted by molar-refractivity contribution is 0.0964. The minimum Gasteiger partial charge on any atom is -0.455 e. The van der Waals surface area contributed by atoms with Crippen molar-refractivity contribution in [2.24, 2.45) is 0 Å². The number of benzene rings is 2. The number of hydrogen-bond donors (Lipinski definition) is 1. The SMILES string of the molecule is CNC(=O)c1c(-c2ccc(F)cc2)oc2cc(N(C)S(C)(=O)=O)c(-c3ccnc(-c4nc5ncccc5o4)c3)cc12. The number of oxazole rings is 1. The Balaban J connectivity index is 1.61. The fraction of sp³-hybridized carbons (Fsp3) is 0.103. The summed E-state index contributed by atoms with van der Waals surface area (Å²) in [5.41, 5.74) is 3.69. The highest BCUT2D eigenvalue weighted by Gasteiger charge is 2.26. The maximum Gasteiger partial charge on any atom is 0.255 e. The van der Waals surface area contributed by atoms with Crippen LogP contribution >= 0.6 is 0 Å². The first-order chi connectivity index (χ1) is 19.6. The third kappa shape index (κ3) is 4.67. The number of carbonyl (C=O) groups excluding carboxylic acids is 1. The molecule has 0 aliphatic rings. The average Bonchev–Trinajstić information content (AvgIpc) is 3.57. The predicted octanol–water partition coefficient (Wildman–Crippen LogP) is 5.26. The number of pyridine rings is 2. The summed E-state index contributed by atoms with van der Waals surface area (Å²) >= 11 is 0. The fourth-order valence-corrected chi connectivity index (χ4v) is 5.06. The molecule has 206 valence electrons. The lowest BCUT2D eigenvalue weighted by Crippen LogP contribution is -2.25. The zero-order valence-electron chi connectivity index (χ0n) is 22.0. The standard InChI is InChI=1S/C29H22FN5O5S/c1-31-28(36)25-20-14-19(17-10-12-32-21(13-17)29-34-27-23(40-29)5-4-11-33-27)22(35(2)41(3,37)38)15-24(20)39-26(25)16-6-8-18(30)9-7-16/h4-15H,1-3H3,(H,31,36). The van der Waals surface area contributed by atoms with Crippen molar-refractivity contribution in [1.29, 1.82) is 0 Å². The third-order valence-electron chi connectivity index (χ3n) is 6.66. The molecule has 0 bridgehead atoms. The molecule has 1 N–H and O–H groups in total. The van der Waals surface area contributed by atoms with Gasteiger partial charge in [0.2, 0.25) is 15.9 Å². The summed E-state index contributed by atoms with van der Waals surface area (Å²) in [5.74, 6) is -0.395. The topological polar surface area (TPSA) is 131 Å². The Labute approximate surface area is 233 Å². The second-order valence-corrected chi connectivity index (χ2v) is 11.3. The molecular weight excluding hydrogens is 549 g/mol. The molecule has 0 saturated carbocycles. The van der Waals surface area contributed by atoms with Gasteiger partial charge in [-0.05, 0) is 60.2 Å². The Kier molecular flexibility index (Phi) is 6.26. The Morgan fingerprint density at radius 2 is 1.73 bits per heavy atom. The summed E-state index contributed by atoms with van der Waals surface area (Å²) in [6.45, 7) is 0. The van der Waals surface area contributed by atoms with Crippen molar-refractivity contribution in [3.63, 3.8) is 0 Å². The highest BCUT2D eigenvalue weighted by Crippen LogP contribution is 2.41. The van der Waals surface area contributed by atoms with Crippen LogP contribution in [0.15, 0.2) is 81.9 Å². The number of aromatic nitrogens is 3. The highest BCUT2D eigenvalue weighted by molar-refractivity contribution is 7.92. The fourth-order valence-electron chi connectivity index (χ4n) is 4.55. The van der Waals surface area contributed by atoms with E-state index < -0.39 is 21.7 Å². The summed E-state index contributed by atoms with van der Waals surface area (Å²) in [6, 6.07) is 15.7. The Bertz CT molecular complexity index is 2040. The molecule has 4 aromatic heterocycles. The number of amides is 1. The van der Waals surface area contributed by atoms with E-state index in [2.05, 4.69) is 20.3 Å². The van der Waals surface area contributed by atoms with Crippen molar-refractivity contribution in [1.82, 2.24) is 20.3 Å². The zero-order valence-corrected chi connectivity index (χ0v) is 22.9. The van der Waals surface area contributed by atoms with Gasteiger partial charge in [0.25, 0.3) is 5.91 Å². The molecule has 6 aromatic rings. The number of hydrogen-bond acceptors (Lipinski definition) is 8. The van der Waals surface area contributed by atoms with Crippen LogP contribution in [0.3, 0.4) is 0 Å². The van der Waals surface area contributed by atoms with E-state index in [0.717, 1.165) is 10.6 Å². The van der Waals surface area contributed by atoms with E-state index in [1.807, 2.05) is 0 Å².